The molecule has 0 fully saturated rings. The summed E-state index contributed by atoms with van der Waals surface area (Å²) in [7, 11) is 5.02. The number of nitrogens with one attached hydrogen (secondary N) is 2. The summed E-state index contributed by atoms with van der Waals surface area (Å²) in [6.45, 7) is 7.50. The van der Waals surface area contributed by atoms with Crippen LogP contribution in [-0.4, -0.2) is 41.0 Å². The van der Waals surface area contributed by atoms with Crippen molar-refractivity contribution in [3.63, 3.8) is 0 Å². The van der Waals surface area contributed by atoms with E-state index in [0.717, 1.165) is 37.3 Å². The van der Waals surface area contributed by atoms with Gasteiger partial charge in [-0.2, -0.15) is 0 Å². The quantitative estimate of drug-likeness (QED) is 0.419. The predicted octanol–water partition coefficient (Wildman–Crippen LogP) is 2.66. The Morgan fingerprint density at radius 1 is 1.00 bits per heavy atom. The third-order valence-electron chi connectivity index (χ3n) is 3.84. The van der Waals surface area contributed by atoms with Crippen molar-refractivity contribution in [1.29, 1.82) is 0 Å². The van der Waals surface area contributed by atoms with Crippen molar-refractivity contribution in [2.45, 2.75) is 17.7 Å². The third-order valence-corrected chi connectivity index (χ3v) is 8.26. The fourth-order valence-electron chi connectivity index (χ4n) is 2.41. The summed E-state index contributed by atoms with van der Waals surface area (Å²) in [4.78, 5) is 0. The van der Waals surface area contributed by atoms with E-state index in [0.29, 0.717) is 0 Å². The molecule has 0 unspecified atom stereocenters. The molecule has 0 aliphatic carbocycles. The SMILES string of the molecule is C=Cc1ccccc1CNCCNCC[CH2][Ti]([O]C)([O]C)[O]C. The van der Waals surface area contributed by atoms with Crippen molar-refractivity contribution in [1.82, 2.24) is 10.6 Å². The van der Waals surface area contributed by atoms with Gasteiger partial charge in [0.1, 0.15) is 0 Å². The number of hydrogen-bond donors (Lipinski definition) is 2. The first-order valence-corrected chi connectivity index (χ1v) is 11.0. The van der Waals surface area contributed by atoms with Crippen LogP contribution in [-0.2, 0) is 34.3 Å². The van der Waals surface area contributed by atoms with Crippen LogP contribution in [0.4, 0.5) is 0 Å². The fourth-order valence-corrected chi connectivity index (χ4v) is 5.09. The van der Waals surface area contributed by atoms with E-state index in [2.05, 4.69) is 35.4 Å². The Balaban J connectivity index is 2.11. The zero-order chi connectivity index (χ0) is 17.0. The van der Waals surface area contributed by atoms with Gasteiger partial charge in [0.15, 0.2) is 0 Å². The molecule has 130 valence electrons. The molecular formula is C17H30N2O3Ti. The average Bonchev–Trinajstić information content (AvgIpc) is 2.61. The molecule has 0 aliphatic heterocycles. The second-order valence-corrected chi connectivity index (χ2v) is 10.1. The van der Waals surface area contributed by atoms with E-state index in [1.165, 1.54) is 11.1 Å². The monoisotopic (exact) mass is 358 g/mol. The van der Waals surface area contributed by atoms with Gasteiger partial charge in [-0.1, -0.05) is 0 Å². The van der Waals surface area contributed by atoms with Gasteiger partial charge >= 0.3 is 145 Å². The van der Waals surface area contributed by atoms with Crippen molar-refractivity contribution in [3.8, 4) is 0 Å². The molecule has 2 N–H and O–H groups in total. The molecule has 0 amide bonds. The molecule has 1 aromatic rings. The van der Waals surface area contributed by atoms with Gasteiger partial charge in [0.2, 0.25) is 0 Å². The van der Waals surface area contributed by atoms with E-state index in [9.17, 15) is 0 Å². The van der Waals surface area contributed by atoms with E-state index in [1.807, 2.05) is 12.1 Å². The Hall–Kier alpha value is -0.526. The van der Waals surface area contributed by atoms with E-state index < -0.39 is 17.8 Å². The van der Waals surface area contributed by atoms with E-state index in [4.69, 9.17) is 9.96 Å². The summed E-state index contributed by atoms with van der Waals surface area (Å²) in [5.41, 5.74) is 2.47. The van der Waals surface area contributed by atoms with E-state index in [1.54, 1.807) is 21.3 Å². The van der Waals surface area contributed by atoms with Gasteiger partial charge in [-0.25, -0.2) is 0 Å². The molecule has 0 saturated heterocycles. The first-order chi connectivity index (χ1) is 11.2. The van der Waals surface area contributed by atoms with Crippen molar-refractivity contribution < 1.29 is 27.7 Å². The summed E-state index contributed by atoms with van der Waals surface area (Å²) < 4.78 is 17.2. The molecule has 0 radical (unpaired) electrons. The minimum atomic E-state index is -2.93. The Morgan fingerprint density at radius 2 is 1.65 bits per heavy atom. The standard InChI is InChI=1S/C14H21N2.3CH3O.Ti/c1-3-9-15-10-11-16-12-14-8-6-5-7-13(14)4-2;3*1-2;/h4-8,15-16H,1-3,9-12H2;3*1H3;/q;3*-1;+3. The zero-order valence-corrected chi connectivity index (χ0v) is 16.1. The van der Waals surface area contributed by atoms with Crippen LogP contribution >= 0.6 is 0 Å². The van der Waals surface area contributed by atoms with Crippen LogP contribution in [0.15, 0.2) is 30.8 Å². The van der Waals surface area contributed by atoms with Crippen LogP contribution in [0, 0.1) is 0 Å². The summed E-state index contributed by atoms with van der Waals surface area (Å²) >= 11 is -2.93. The summed E-state index contributed by atoms with van der Waals surface area (Å²) in [6, 6.07) is 8.30. The first-order valence-electron chi connectivity index (χ1n) is 7.98. The van der Waals surface area contributed by atoms with Crippen LogP contribution in [0.2, 0.25) is 4.73 Å². The van der Waals surface area contributed by atoms with Crippen LogP contribution in [0.5, 0.6) is 0 Å². The summed E-state index contributed by atoms with van der Waals surface area (Å²) in [5.74, 6) is 0. The Bertz CT molecular complexity index is 445. The predicted molar refractivity (Wildman–Crippen MR) is 91.6 cm³/mol. The van der Waals surface area contributed by atoms with Gasteiger partial charge < -0.3 is 0 Å². The Kier molecular flexibility index (Phi) is 10.6. The summed E-state index contributed by atoms with van der Waals surface area (Å²) in [6.07, 6.45) is 2.89. The number of benzene rings is 1. The van der Waals surface area contributed by atoms with Crippen molar-refractivity contribution in [3.05, 3.63) is 42.0 Å². The maximum atomic E-state index is 5.45. The molecule has 23 heavy (non-hydrogen) atoms. The maximum absolute atomic E-state index is 5.45. The van der Waals surface area contributed by atoms with Gasteiger partial charge in [-0.3, -0.25) is 0 Å². The fraction of sp³-hybridized carbons (Fsp3) is 0.529. The van der Waals surface area contributed by atoms with Crippen LogP contribution in [0.3, 0.4) is 0 Å². The van der Waals surface area contributed by atoms with Crippen LogP contribution < -0.4 is 10.6 Å². The second-order valence-electron chi connectivity index (χ2n) is 5.23. The molecule has 1 aromatic carbocycles. The van der Waals surface area contributed by atoms with Crippen LogP contribution in [0.1, 0.15) is 17.5 Å². The average molecular weight is 358 g/mol. The molecule has 0 spiro atoms. The van der Waals surface area contributed by atoms with Gasteiger partial charge in [0.25, 0.3) is 0 Å². The van der Waals surface area contributed by atoms with E-state index in [-0.39, 0.29) is 0 Å². The van der Waals surface area contributed by atoms with Crippen molar-refractivity contribution >= 4 is 6.08 Å². The summed E-state index contributed by atoms with van der Waals surface area (Å²) in [5, 5.41) is 6.87. The molecule has 0 heterocycles. The van der Waals surface area contributed by atoms with Gasteiger partial charge in [0.05, 0.1) is 0 Å². The molecule has 6 heteroatoms. The second kappa shape index (κ2) is 11.9. The third kappa shape index (κ3) is 7.27. The molecular weight excluding hydrogens is 328 g/mol. The number of rotatable bonds is 13. The van der Waals surface area contributed by atoms with Gasteiger partial charge in [-0.15, -0.1) is 0 Å². The minimum absolute atomic E-state index is 0.860. The van der Waals surface area contributed by atoms with Crippen LogP contribution in [0.25, 0.3) is 6.08 Å². The molecule has 1 rings (SSSR count). The van der Waals surface area contributed by atoms with Gasteiger partial charge in [-0.05, 0) is 0 Å². The van der Waals surface area contributed by atoms with Crippen molar-refractivity contribution in [2.24, 2.45) is 0 Å². The molecule has 0 aliphatic rings. The Labute approximate surface area is 145 Å². The topological polar surface area (TPSA) is 51.8 Å². The van der Waals surface area contributed by atoms with Gasteiger partial charge in [0, 0.05) is 0 Å². The molecule has 0 saturated carbocycles. The van der Waals surface area contributed by atoms with E-state index >= 15 is 0 Å². The molecule has 0 atom stereocenters. The molecule has 0 bridgehead atoms. The zero-order valence-electron chi connectivity index (χ0n) is 14.6. The van der Waals surface area contributed by atoms with Crippen molar-refractivity contribution in [2.75, 3.05) is 41.0 Å². The Morgan fingerprint density at radius 3 is 2.30 bits per heavy atom. The molecule has 5 nitrogen and oxygen atoms in total. The first kappa shape index (κ1) is 20.5. The number of hydrogen-bond acceptors (Lipinski definition) is 5. The normalized spacial score (nSPS) is 11.6. The molecule has 0 aromatic heterocycles.